The molecule has 2 heterocycles. The Morgan fingerprint density at radius 2 is 2.15 bits per heavy atom. The number of hydrogen-bond acceptors (Lipinski definition) is 5. The number of carbonyl (C=O) groups is 2. The third-order valence-electron chi connectivity index (χ3n) is 3.04. The van der Waals surface area contributed by atoms with Crippen LogP contribution in [-0.2, 0) is 5.54 Å². The van der Waals surface area contributed by atoms with Gasteiger partial charge in [-0.3, -0.25) is 4.79 Å². The molecule has 0 spiro atoms. The van der Waals surface area contributed by atoms with E-state index in [-0.39, 0.29) is 11.5 Å². The highest BCUT2D eigenvalue weighted by Gasteiger charge is 2.30. The molecule has 7 heteroatoms. The van der Waals surface area contributed by atoms with Gasteiger partial charge in [0, 0.05) is 11.6 Å². The van der Waals surface area contributed by atoms with E-state index in [9.17, 15) is 9.59 Å². The Morgan fingerprint density at radius 3 is 2.65 bits per heavy atom. The van der Waals surface area contributed by atoms with E-state index in [0.29, 0.717) is 6.42 Å². The first-order valence-corrected chi connectivity index (χ1v) is 6.90. The first kappa shape index (κ1) is 14.3. The lowest BCUT2D eigenvalue weighted by Crippen LogP contribution is -2.42. The zero-order valence-corrected chi connectivity index (χ0v) is 11.9. The zero-order valence-electron chi connectivity index (χ0n) is 11.0. The van der Waals surface area contributed by atoms with Gasteiger partial charge in [0.1, 0.15) is 5.01 Å². The van der Waals surface area contributed by atoms with E-state index in [1.54, 1.807) is 6.20 Å². The predicted molar refractivity (Wildman–Crippen MR) is 72.9 cm³/mol. The summed E-state index contributed by atoms with van der Waals surface area (Å²) in [7, 11) is 0. The van der Waals surface area contributed by atoms with Gasteiger partial charge in [-0.2, -0.15) is 0 Å². The number of aromatic nitrogens is 1. The fraction of sp³-hybridized carbons (Fsp3) is 0.308. The van der Waals surface area contributed by atoms with E-state index in [1.165, 1.54) is 23.5 Å². The fourth-order valence-corrected chi connectivity index (χ4v) is 2.50. The number of rotatable bonds is 5. The van der Waals surface area contributed by atoms with Crippen LogP contribution in [0.25, 0.3) is 0 Å². The van der Waals surface area contributed by atoms with E-state index in [2.05, 4.69) is 10.3 Å². The molecule has 2 aromatic rings. The van der Waals surface area contributed by atoms with E-state index in [4.69, 9.17) is 9.52 Å². The van der Waals surface area contributed by atoms with Gasteiger partial charge in [-0.1, -0.05) is 6.92 Å². The average Bonchev–Trinajstić information content (AvgIpc) is 3.09. The third-order valence-corrected chi connectivity index (χ3v) is 4.08. The van der Waals surface area contributed by atoms with Crippen LogP contribution in [0.5, 0.6) is 0 Å². The van der Waals surface area contributed by atoms with E-state index in [0.717, 1.165) is 5.01 Å². The maximum absolute atomic E-state index is 12.1. The minimum Gasteiger partial charge on any atom is -0.475 e. The molecule has 1 atom stereocenters. The maximum Gasteiger partial charge on any atom is 0.371 e. The van der Waals surface area contributed by atoms with Crippen LogP contribution in [0, 0.1) is 0 Å². The molecule has 1 amide bonds. The number of aromatic carboxylic acids is 1. The lowest BCUT2D eigenvalue weighted by molar-refractivity contribution is 0.0659. The van der Waals surface area contributed by atoms with Crippen LogP contribution < -0.4 is 5.32 Å². The molecule has 0 aromatic carbocycles. The van der Waals surface area contributed by atoms with Crippen molar-refractivity contribution in [1.29, 1.82) is 0 Å². The summed E-state index contributed by atoms with van der Waals surface area (Å²) in [5.74, 6) is -1.96. The monoisotopic (exact) mass is 294 g/mol. The first-order chi connectivity index (χ1) is 9.46. The van der Waals surface area contributed by atoms with Crippen molar-refractivity contribution >= 4 is 23.2 Å². The van der Waals surface area contributed by atoms with Crippen LogP contribution in [0.3, 0.4) is 0 Å². The van der Waals surface area contributed by atoms with Gasteiger partial charge in [-0.05, 0) is 25.5 Å². The van der Waals surface area contributed by atoms with Crippen LogP contribution in [0.1, 0.15) is 46.4 Å². The summed E-state index contributed by atoms with van der Waals surface area (Å²) in [6, 6.07) is 2.60. The fourth-order valence-electron chi connectivity index (χ4n) is 1.68. The summed E-state index contributed by atoms with van der Waals surface area (Å²) < 4.78 is 4.99. The SMILES string of the molecule is CCC(C)(NC(=O)c1ccc(C(=O)O)o1)c1nccs1. The van der Waals surface area contributed by atoms with Crippen molar-refractivity contribution in [2.24, 2.45) is 0 Å². The van der Waals surface area contributed by atoms with Gasteiger partial charge in [-0.15, -0.1) is 11.3 Å². The number of nitrogens with zero attached hydrogens (tertiary/aromatic N) is 1. The summed E-state index contributed by atoms with van der Waals surface area (Å²) in [5.41, 5.74) is -0.610. The Labute approximate surface area is 119 Å². The second-order valence-electron chi connectivity index (χ2n) is 4.45. The molecule has 106 valence electrons. The highest BCUT2D eigenvalue weighted by Crippen LogP contribution is 2.26. The Bertz CT molecular complexity index is 620. The number of nitrogens with one attached hydrogen (secondary N) is 1. The summed E-state index contributed by atoms with van der Waals surface area (Å²) in [5, 5.41) is 14.2. The molecule has 2 rings (SSSR count). The van der Waals surface area contributed by atoms with Gasteiger partial charge in [0.15, 0.2) is 5.76 Å². The largest absolute Gasteiger partial charge is 0.475 e. The molecule has 0 bridgehead atoms. The molecule has 0 aliphatic heterocycles. The normalized spacial score (nSPS) is 13.7. The smallest absolute Gasteiger partial charge is 0.371 e. The van der Waals surface area contributed by atoms with Crippen molar-refractivity contribution in [3.05, 3.63) is 40.2 Å². The van der Waals surface area contributed by atoms with Crippen LogP contribution >= 0.6 is 11.3 Å². The molecule has 0 aliphatic rings. The van der Waals surface area contributed by atoms with E-state index < -0.39 is 17.4 Å². The average molecular weight is 294 g/mol. The molecule has 0 fully saturated rings. The number of thiazole rings is 1. The van der Waals surface area contributed by atoms with Gasteiger partial charge in [0.2, 0.25) is 5.76 Å². The minimum absolute atomic E-state index is 0.0290. The maximum atomic E-state index is 12.1. The Kier molecular flexibility index (Phi) is 3.89. The minimum atomic E-state index is -1.21. The van der Waals surface area contributed by atoms with Crippen molar-refractivity contribution in [3.63, 3.8) is 0 Å². The number of hydrogen-bond donors (Lipinski definition) is 2. The Hall–Kier alpha value is -2.15. The second-order valence-corrected chi connectivity index (χ2v) is 5.34. The highest BCUT2D eigenvalue weighted by atomic mass is 32.1. The molecule has 6 nitrogen and oxygen atoms in total. The first-order valence-electron chi connectivity index (χ1n) is 6.02. The lowest BCUT2D eigenvalue weighted by Gasteiger charge is -2.26. The quantitative estimate of drug-likeness (QED) is 0.883. The number of carboxylic acid groups (broad SMARTS) is 1. The summed E-state index contributed by atoms with van der Waals surface area (Å²) >= 11 is 1.45. The van der Waals surface area contributed by atoms with Gasteiger partial charge in [0.05, 0.1) is 5.54 Å². The van der Waals surface area contributed by atoms with Crippen molar-refractivity contribution in [2.75, 3.05) is 0 Å². The van der Waals surface area contributed by atoms with Crippen LogP contribution in [0.15, 0.2) is 28.1 Å². The summed E-state index contributed by atoms with van der Waals surface area (Å²) in [6.07, 6.45) is 2.33. The molecular weight excluding hydrogens is 280 g/mol. The highest BCUT2D eigenvalue weighted by molar-refractivity contribution is 7.09. The molecule has 0 aliphatic carbocycles. The molecule has 0 saturated carbocycles. The van der Waals surface area contributed by atoms with Crippen LogP contribution in [0.2, 0.25) is 0 Å². The number of furan rings is 1. The standard InChI is InChI=1S/C13H14N2O4S/c1-3-13(2,12-14-6-7-20-12)15-10(16)8-4-5-9(19-8)11(17)18/h4-7H,3H2,1-2H3,(H,15,16)(H,17,18). The van der Waals surface area contributed by atoms with E-state index in [1.807, 2.05) is 19.2 Å². The van der Waals surface area contributed by atoms with Gasteiger partial charge >= 0.3 is 5.97 Å². The topological polar surface area (TPSA) is 92.4 Å². The van der Waals surface area contributed by atoms with Crippen LogP contribution in [-0.4, -0.2) is 22.0 Å². The zero-order chi connectivity index (χ0) is 14.8. The molecule has 0 saturated heterocycles. The molecule has 2 aromatic heterocycles. The predicted octanol–water partition coefficient (Wildman–Crippen LogP) is 2.49. The molecular formula is C13H14N2O4S. The van der Waals surface area contributed by atoms with Crippen LogP contribution in [0.4, 0.5) is 0 Å². The molecule has 1 unspecified atom stereocenters. The Morgan fingerprint density at radius 1 is 1.45 bits per heavy atom. The molecule has 0 radical (unpaired) electrons. The van der Waals surface area contributed by atoms with Gasteiger partial charge < -0.3 is 14.8 Å². The van der Waals surface area contributed by atoms with Crippen molar-refractivity contribution in [2.45, 2.75) is 25.8 Å². The van der Waals surface area contributed by atoms with Gasteiger partial charge in [0.25, 0.3) is 5.91 Å². The third kappa shape index (κ3) is 2.72. The number of carbonyl (C=O) groups excluding carboxylic acids is 1. The summed E-state index contributed by atoms with van der Waals surface area (Å²) in [6.45, 7) is 3.80. The number of carboxylic acids is 1. The Balaban J connectivity index is 2.19. The van der Waals surface area contributed by atoms with Crippen molar-refractivity contribution in [1.82, 2.24) is 10.3 Å². The van der Waals surface area contributed by atoms with Gasteiger partial charge in [-0.25, -0.2) is 9.78 Å². The van der Waals surface area contributed by atoms with E-state index >= 15 is 0 Å². The molecule has 2 N–H and O–H groups in total. The number of amides is 1. The molecule has 20 heavy (non-hydrogen) atoms. The second kappa shape index (κ2) is 5.46. The van der Waals surface area contributed by atoms with Crippen molar-refractivity contribution < 1.29 is 19.1 Å². The lowest BCUT2D eigenvalue weighted by atomic mass is 10.00. The summed E-state index contributed by atoms with van der Waals surface area (Å²) in [4.78, 5) is 27.1. The van der Waals surface area contributed by atoms with Crippen molar-refractivity contribution in [3.8, 4) is 0 Å².